The first kappa shape index (κ1) is 54.5. The molecule has 0 spiro atoms. The van der Waals surface area contributed by atoms with Crippen LogP contribution in [-0.4, -0.2) is 34.8 Å². The van der Waals surface area contributed by atoms with Gasteiger partial charge in [0.25, 0.3) is 0 Å². The Hall–Kier alpha value is 0.469. The van der Waals surface area contributed by atoms with Gasteiger partial charge in [-0.2, -0.15) is 0 Å². The van der Waals surface area contributed by atoms with Crippen LogP contribution < -0.4 is 0 Å². The van der Waals surface area contributed by atoms with Crippen LogP contribution in [0.3, 0.4) is 0 Å². The van der Waals surface area contributed by atoms with Gasteiger partial charge in [0.15, 0.2) is 0 Å². The van der Waals surface area contributed by atoms with Gasteiger partial charge in [-0.1, -0.05) is 0 Å². The van der Waals surface area contributed by atoms with Crippen molar-refractivity contribution < 1.29 is 9.22 Å². The van der Waals surface area contributed by atoms with E-state index in [0.717, 1.165) is 54.3 Å². The van der Waals surface area contributed by atoms with Crippen molar-refractivity contribution in [2.75, 3.05) is 0 Å². The van der Waals surface area contributed by atoms with E-state index in [4.69, 9.17) is 45.9 Å². The molecule has 0 aliphatic heterocycles. The zero-order valence-corrected chi connectivity index (χ0v) is 43.0. The minimum atomic E-state index is -4.41. The molecular weight excluding hydrogens is 827 g/mol. The molecule has 0 aromatic carbocycles. The van der Waals surface area contributed by atoms with Crippen LogP contribution in [0.15, 0.2) is 0 Å². The first-order valence-electron chi connectivity index (χ1n) is 23.4. The molecule has 0 N–H and O–H groups in total. The Morgan fingerprint density at radius 3 is 0.870 bits per heavy atom. The third-order valence-corrected chi connectivity index (χ3v) is 21.1. The van der Waals surface area contributed by atoms with Gasteiger partial charge in [-0.3, -0.25) is 0 Å². The van der Waals surface area contributed by atoms with Crippen LogP contribution in [0.5, 0.6) is 0 Å². The number of unbranched alkanes of at least 4 members (excludes halogenated alkanes) is 17. The summed E-state index contributed by atoms with van der Waals surface area (Å²) in [5.41, 5.74) is 0. The Morgan fingerprint density at radius 1 is 0.352 bits per heavy atom. The fraction of sp³-hybridized carbons (Fsp3) is 0.936. The summed E-state index contributed by atoms with van der Waals surface area (Å²) >= 11 is 13.9. The second kappa shape index (κ2) is 35.4. The molecule has 320 valence electrons. The van der Waals surface area contributed by atoms with Gasteiger partial charge in [0.1, 0.15) is 0 Å². The monoisotopic (exact) mass is 921 g/mol. The maximum absolute atomic E-state index is 6.99. The molecule has 3 nitrogen and oxygen atoms in total. The quantitative estimate of drug-likeness (QED) is 0.0350. The van der Waals surface area contributed by atoms with E-state index in [0.29, 0.717) is 15.2 Å². The van der Waals surface area contributed by atoms with E-state index in [2.05, 4.69) is 69.2 Å². The van der Waals surface area contributed by atoms with Gasteiger partial charge >= 0.3 is 363 Å². The van der Waals surface area contributed by atoms with E-state index in [1.165, 1.54) is 141 Å². The predicted octanol–water partition coefficient (Wildman–Crippen LogP) is 17.4. The summed E-state index contributed by atoms with van der Waals surface area (Å²) in [6.45, 7) is 22.9. The number of hydrogen-bond acceptors (Lipinski definition) is 6. The van der Waals surface area contributed by atoms with E-state index in [-0.39, 0.29) is 17.8 Å². The first-order chi connectivity index (χ1) is 25.7. The summed E-state index contributed by atoms with van der Waals surface area (Å²) in [4.78, 5) is 0. The van der Waals surface area contributed by atoms with Crippen molar-refractivity contribution in [1.82, 2.24) is 0 Å². The molecule has 0 amide bonds. The van der Waals surface area contributed by atoms with Gasteiger partial charge in [-0.05, 0) is 0 Å². The number of thiocarbonyl (C=S) groups is 3. The van der Waals surface area contributed by atoms with Crippen LogP contribution in [0.1, 0.15) is 243 Å². The van der Waals surface area contributed by atoms with Crippen LogP contribution in [-0.2, 0) is 9.22 Å². The Balaban J connectivity index is 5.76. The molecule has 3 unspecified atom stereocenters. The van der Waals surface area contributed by atoms with Gasteiger partial charge in [-0.25, -0.2) is 0 Å². The zero-order valence-electron chi connectivity index (χ0n) is 37.7. The third kappa shape index (κ3) is 31.5. The van der Waals surface area contributed by atoms with Crippen molar-refractivity contribution in [3.63, 3.8) is 0 Å². The van der Waals surface area contributed by atoms with Crippen molar-refractivity contribution in [2.24, 2.45) is 35.5 Å². The second-order valence-electron chi connectivity index (χ2n) is 18.4. The van der Waals surface area contributed by atoms with E-state index in [1.54, 1.807) is 0 Å². The Morgan fingerprint density at radius 2 is 0.593 bits per heavy atom. The summed E-state index contributed by atoms with van der Waals surface area (Å²) in [7, 11) is 0. The summed E-state index contributed by atoms with van der Waals surface area (Å²) in [5.74, 6) is 2.91. The normalized spacial score (nSPS) is 14.6. The van der Waals surface area contributed by atoms with Crippen LogP contribution in [0.4, 0.5) is 0 Å². The Kier molecular flexibility index (Phi) is 35.7. The van der Waals surface area contributed by atoms with Crippen molar-refractivity contribution in [3.05, 3.63) is 0 Å². The zero-order chi connectivity index (χ0) is 40.6. The van der Waals surface area contributed by atoms with Crippen LogP contribution in [0.25, 0.3) is 0 Å². The minimum absolute atomic E-state index is 0.173. The molecule has 3 atom stereocenters. The molecule has 0 saturated carbocycles. The van der Waals surface area contributed by atoms with Gasteiger partial charge in [-0.15, -0.1) is 0 Å². The number of rotatable bonds is 37. The van der Waals surface area contributed by atoms with Crippen LogP contribution >= 0.6 is 36.7 Å². The molecule has 0 aliphatic carbocycles. The van der Waals surface area contributed by atoms with Gasteiger partial charge in [0, 0.05) is 0 Å². The molecule has 0 aliphatic rings. The topological polar surface area (TPSA) is 27.7 Å². The summed E-state index contributed by atoms with van der Waals surface area (Å²) in [5, 5.41) is 1.97. The SMILES string of the molecule is CCCCCCC[CH2][Sn]([O]C(=S)C(C)CCCCCCCC(C)C)([O]C(=S)C(C)CCCCCCCC(C)C)[O]C(=S)C(C)CCCCCCCC(C)C. The predicted molar refractivity (Wildman–Crippen MR) is 254 cm³/mol. The van der Waals surface area contributed by atoms with Gasteiger partial charge in [0.2, 0.25) is 0 Å². The maximum atomic E-state index is 6.99. The fourth-order valence-corrected chi connectivity index (χ4v) is 17.5. The van der Waals surface area contributed by atoms with Crippen molar-refractivity contribution in [2.45, 2.75) is 247 Å². The summed E-state index contributed by atoms with van der Waals surface area (Å²) < 4.78 is 21.7. The van der Waals surface area contributed by atoms with E-state index < -0.39 is 19.6 Å². The van der Waals surface area contributed by atoms with E-state index in [1.807, 2.05) is 0 Å². The standard InChI is InChI=1S/3C13H26OS.C8H17.Sn/c3*1-11(2)9-7-5-4-6-8-10-12(3)13(14)15;1-3-5-7-8-6-4-2;/h3*11-12H,4-10H2,1-3H3,(H,14,15);1,3-8H2,2H3;/q;;;;+3/p-3. The molecule has 0 aromatic heterocycles. The van der Waals surface area contributed by atoms with Crippen molar-refractivity contribution >= 4 is 71.4 Å². The summed E-state index contributed by atoms with van der Waals surface area (Å²) in [6.07, 6.45) is 33.5. The van der Waals surface area contributed by atoms with Gasteiger partial charge < -0.3 is 0 Å². The first-order valence-corrected chi connectivity index (χ1v) is 30.1. The van der Waals surface area contributed by atoms with Crippen molar-refractivity contribution in [3.8, 4) is 0 Å². The fourth-order valence-electron chi connectivity index (χ4n) is 7.05. The average Bonchev–Trinajstić information content (AvgIpc) is 3.10. The molecule has 0 aromatic rings. The number of hydrogen-bond donors (Lipinski definition) is 0. The Bertz CT molecular complexity index is 821. The Labute approximate surface area is 360 Å². The molecule has 0 saturated heterocycles. The van der Waals surface area contributed by atoms with E-state index >= 15 is 0 Å². The second-order valence-corrected chi connectivity index (χ2v) is 26.7. The molecule has 0 bridgehead atoms. The molecular formula is C47H92O3S3Sn. The average molecular weight is 920 g/mol. The molecule has 0 radical (unpaired) electrons. The molecule has 0 fully saturated rings. The van der Waals surface area contributed by atoms with Crippen LogP contribution in [0.2, 0.25) is 4.44 Å². The van der Waals surface area contributed by atoms with Gasteiger partial charge in [0.05, 0.1) is 0 Å². The van der Waals surface area contributed by atoms with E-state index in [9.17, 15) is 0 Å². The third-order valence-electron chi connectivity index (χ3n) is 11.1. The van der Waals surface area contributed by atoms with Crippen LogP contribution in [0, 0.1) is 35.5 Å². The summed E-state index contributed by atoms with van der Waals surface area (Å²) in [6, 6.07) is 0. The molecule has 0 heterocycles. The molecule has 54 heavy (non-hydrogen) atoms. The molecule has 7 heteroatoms. The molecule has 0 rings (SSSR count). The van der Waals surface area contributed by atoms with Crippen molar-refractivity contribution in [1.29, 1.82) is 0 Å².